The van der Waals surface area contributed by atoms with Gasteiger partial charge in [-0.15, -0.1) is 0 Å². The predicted octanol–water partition coefficient (Wildman–Crippen LogP) is 2.98. The zero-order chi connectivity index (χ0) is 25.1. The Bertz CT molecular complexity index is 1230. The van der Waals surface area contributed by atoms with Crippen LogP contribution in [0.4, 0.5) is 17.3 Å². The fraction of sp³-hybridized carbons (Fsp3) is 0.217. The van der Waals surface area contributed by atoms with E-state index in [9.17, 15) is 4.79 Å². The molecule has 8 heteroatoms. The van der Waals surface area contributed by atoms with Gasteiger partial charge in [-0.05, 0) is 42.5 Å². The molecule has 1 amide bonds. The summed E-state index contributed by atoms with van der Waals surface area (Å²) < 4.78 is 37.6. The molecule has 8 nitrogen and oxygen atoms in total. The van der Waals surface area contributed by atoms with Crippen LogP contribution in [0.5, 0.6) is 0 Å². The van der Waals surface area contributed by atoms with Crippen LogP contribution in [0.15, 0.2) is 60.8 Å². The molecule has 2 N–H and O–H groups in total. The predicted molar refractivity (Wildman–Crippen MR) is 118 cm³/mol. The zero-order valence-electron chi connectivity index (χ0n) is 20.5. The molecule has 0 unspecified atom stereocenters. The molecular weight excluding hydrogens is 392 g/mol. The number of nitrogens with zero attached hydrogens (tertiary/aromatic N) is 4. The SMILES string of the molecule is [2H]C1([2H])COCC([2H])([2H])N1c1ccc(Nc2nccc(-c3ccc(C(=O)NCC#N)cc3)n2)cc1. The number of anilines is 3. The Morgan fingerprint density at radius 1 is 1.13 bits per heavy atom. The summed E-state index contributed by atoms with van der Waals surface area (Å²) in [6, 6.07) is 17.1. The maximum atomic E-state index is 12.0. The lowest BCUT2D eigenvalue weighted by molar-refractivity contribution is 0.0958. The van der Waals surface area contributed by atoms with E-state index >= 15 is 0 Å². The number of nitriles is 1. The number of amides is 1. The standard InChI is InChI=1S/C23H22N6O2/c24-10-12-25-22(30)18-3-1-17(2-4-18)21-9-11-26-23(28-21)27-19-5-7-20(8-6-19)29-13-15-31-16-14-29/h1-9,11H,12-16H2,(H,25,30)(H,26,27,28)/i13D2,14D2. The van der Waals surface area contributed by atoms with E-state index in [-0.39, 0.29) is 25.7 Å². The molecule has 1 fully saturated rings. The highest BCUT2D eigenvalue weighted by atomic mass is 16.5. The summed E-state index contributed by atoms with van der Waals surface area (Å²) in [6.45, 7) is -4.48. The van der Waals surface area contributed by atoms with Gasteiger partial charge in [0.2, 0.25) is 5.95 Å². The number of nitrogens with one attached hydrogen (secondary N) is 2. The fourth-order valence-corrected chi connectivity index (χ4v) is 2.93. The third-order valence-corrected chi connectivity index (χ3v) is 4.46. The normalized spacial score (nSPS) is 18.5. The number of hydrogen-bond acceptors (Lipinski definition) is 7. The summed E-state index contributed by atoms with van der Waals surface area (Å²) in [5.74, 6) is 0.00735. The topological polar surface area (TPSA) is 103 Å². The molecule has 156 valence electrons. The van der Waals surface area contributed by atoms with Crippen LogP contribution in [0.1, 0.15) is 15.8 Å². The van der Waals surface area contributed by atoms with Gasteiger partial charge in [0.25, 0.3) is 5.91 Å². The number of hydrogen-bond donors (Lipinski definition) is 2. The van der Waals surface area contributed by atoms with Crippen LogP contribution in [0.3, 0.4) is 0 Å². The van der Waals surface area contributed by atoms with Crippen LogP contribution in [0.2, 0.25) is 0 Å². The van der Waals surface area contributed by atoms with Crippen LogP contribution >= 0.6 is 0 Å². The first-order chi connectivity index (χ1) is 16.7. The molecule has 3 aromatic rings. The van der Waals surface area contributed by atoms with Gasteiger partial charge >= 0.3 is 0 Å². The van der Waals surface area contributed by atoms with E-state index in [1.54, 1.807) is 60.8 Å². The smallest absolute Gasteiger partial charge is 0.252 e. The third-order valence-electron chi connectivity index (χ3n) is 4.46. The number of aromatic nitrogens is 2. The average molecular weight is 418 g/mol. The molecule has 0 bridgehead atoms. The highest BCUT2D eigenvalue weighted by Crippen LogP contribution is 2.22. The van der Waals surface area contributed by atoms with E-state index in [0.717, 1.165) is 10.5 Å². The molecule has 4 rings (SSSR count). The van der Waals surface area contributed by atoms with Gasteiger partial charge in [-0.25, -0.2) is 9.97 Å². The zero-order valence-corrected chi connectivity index (χ0v) is 16.5. The molecular formula is C23H22N6O2. The van der Waals surface area contributed by atoms with Gasteiger partial charge in [0, 0.05) is 41.7 Å². The highest BCUT2D eigenvalue weighted by Gasteiger charge is 2.11. The summed E-state index contributed by atoms with van der Waals surface area (Å²) in [7, 11) is 0. The van der Waals surface area contributed by atoms with Crippen molar-refractivity contribution in [3.8, 4) is 17.3 Å². The number of rotatable bonds is 6. The van der Waals surface area contributed by atoms with Gasteiger partial charge in [0.15, 0.2) is 0 Å². The molecule has 0 spiro atoms. The summed E-state index contributed by atoms with van der Waals surface area (Å²) >= 11 is 0. The Balaban J connectivity index is 1.48. The van der Waals surface area contributed by atoms with E-state index in [1.165, 1.54) is 0 Å². The number of carbonyl (C=O) groups is 1. The van der Waals surface area contributed by atoms with E-state index < -0.39 is 13.0 Å². The molecule has 1 aliphatic rings. The minimum Gasteiger partial charge on any atom is -0.378 e. The largest absolute Gasteiger partial charge is 0.378 e. The minimum atomic E-state index is -1.99. The molecule has 2 heterocycles. The van der Waals surface area contributed by atoms with Crippen molar-refractivity contribution in [1.29, 1.82) is 5.26 Å². The number of carbonyl (C=O) groups excluding carboxylic acids is 1. The lowest BCUT2D eigenvalue weighted by Gasteiger charge is -2.28. The first kappa shape index (κ1) is 15.8. The maximum absolute atomic E-state index is 12.0. The average Bonchev–Trinajstić information content (AvgIpc) is 2.83. The van der Waals surface area contributed by atoms with Crippen molar-refractivity contribution in [1.82, 2.24) is 15.3 Å². The first-order valence-electron chi connectivity index (χ1n) is 11.5. The van der Waals surface area contributed by atoms with Gasteiger partial charge in [0.05, 0.1) is 30.5 Å². The summed E-state index contributed by atoms with van der Waals surface area (Å²) in [6.07, 6.45) is 1.60. The van der Waals surface area contributed by atoms with E-state index in [1.807, 2.05) is 6.07 Å². The Kier molecular flexibility index (Phi) is 4.95. The van der Waals surface area contributed by atoms with Crippen LogP contribution in [-0.4, -0.2) is 48.6 Å². The lowest BCUT2D eigenvalue weighted by atomic mass is 10.1. The molecule has 1 saturated heterocycles. The molecule has 1 aliphatic heterocycles. The van der Waals surface area contributed by atoms with E-state index in [4.69, 9.17) is 15.5 Å². The van der Waals surface area contributed by atoms with Crippen LogP contribution in [0.25, 0.3) is 11.3 Å². The minimum absolute atomic E-state index is 0.0604. The molecule has 0 aliphatic carbocycles. The van der Waals surface area contributed by atoms with Gasteiger partial charge in [-0.1, -0.05) is 12.1 Å². The van der Waals surface area contributed by atoms with Gasteiger partial charge in [-0.2, -0.15) is 5.26 Å². The Hall–Kier alpha value is -3.96. The fourth-order valence-electron chi connectivity index (χ4n) is 2.93. The second-order valence-electron chi connectivity index (χ2n) is 6.50. The molecule has 1 aromatic heterocycles. The van der Waals surface area contributed by atoms with E-state index in [0.29, 0.717) is 28.6 Å². The molecule has 0 atom stereocenters. The number of morpholine rings is 1. The Morgan fingerprint density at radius 3 is 2.58 bits per heavy atom. The quantitative estimate of drug-likeness (QED) is 0.593. The number of benzene rings is 2. The van der Waals surface area contributed by atoms with Gasteiger partial charge in [-0.3, -0.25) is 4.79 Å². The Morgan fingerprint density at radius 2 is 1.87 bits per heavy atom. The van der Waals surface area contributed by atoms with Crippen LogP contribution in [0, 0.1) is 11.3 Å². The van der Waals surface area contributed by atoms with Gasteiger partial charge < -0.3 is 20.3 Å². The van der Waals surface area contributed by atoms with Crippen molar-refractivity contribution in [2.45, 2.75) is 0 Å². The summed E-state index contributed by atoms with van der Waals surface area (Å²) in [5, 5.41) is 14.2. The van der Waals surface area contributed by atoms with Crippen molar-refractivity contribution >= 4 is 23.2 Å². The lowest BCUT2D eigenvalue weighted by Crippen LogP contribution is -2.36. The van der Waals surface area contributed by atoms with Crippen molar-refractivity contribution in [3.63, 3.8) is 0 Å². The van der Waals surface area contributed by atoms with Crippen molar-refractivity contribution in [3.05, 3.63) is 66.4 Å². The highest BCUT2D eigenvalue weighted by molar-refractivity contribution is 5.94. The summed E-state index contributed by atoms with van der Waals surface area (Å²) in [5.41, 5.74) is 2.88. The van der Waals surface area contributed by atoms with Crippen molar-refractivity contribution in [2.24, 2.45) is 0 Å². The second kappa shape index (κ2) is 9.69. The molecule has 0 saturated carbocycles. The first-order valence-corrected chi connectivity index (χ1v) is 9.53. The third kappa shape index (κ3) is 5.15. The second-order valence-corrected chi connectivity index (χ2v) is 6.50. The molecule has 31 heavy (non-hydrogen) atoms. The summed E-state index contributed by atoms with van der Waals surface area (Å²) in [4.78, 5) is 21.8. The number of ether oxygens (including phenoxy) is 1. The maximum Gasteiger partial charge on any atom is 0.252 e. The van der Waals surface area contributed by atoms with E-state index in [2.05, 4.69) is 20.6 Å². The van der Waals surface area contributed by atoms with Crippen LogP contribution in [-0.2, 0) is 4.74 Å². The Labute approximate surface area is 186 Å². The van der Waals surface area contributed by atoms with Gasteiger partial charge in [0.1, 0.15) is 6.54 Å². The van der Waals surface area contributed by atoms with Crippen LogP contribution < -0.4 is 15.5 Å². The van der Waals surface area contributed by atoms with Crippen molar-refractivity contribution < 1.29 is 15.0 Å². The molecule has 0 radical (unpaired) electrons. The van der Waals surface area contributed by atoms with Crippen molar-refractivity contribution in [2.75, 3.05) is 43.0 Å². The molecule has 2 aromatic carbocycles. The monoisotopic (exact) mass is 418 g/mol.